The standard InChI is InChI=1S/C20H21F2N3O2/c21-19(22)27-16-7-5-14(6-8-16)13-24-11-9-15(10-12-24)25-18-4-2-1-3-17(18)23-20(25)26/h1-8,15,19H,9-13H2,(H,23,26). The number of fused-ring (bicyclic) bond motifs is 1. The van der Waals surface area contributed by atoms with E-state index in [1.807, 2.05) is 41.0 Å². The van der Waals surface area contributed by atoms with Gasteiger partial charge in [0.1, 0.15) is 5.75 Å². The van der Waals surface area contributed by atoms with Gasteiger partial charge in [-0.25, -0.2) is 4.79 Å². The quantitative estimate of drug-likeness (QED) is 0.741. The van der Waals surface area contributed by atoms with Crippen LogP contribution in [0.15, 0.2) is 53.3 Å². The molecule has 5 nitrogen and oxygen atoms in total. The summed E-state index contributed by atoms with van der Waals surface area (Å²) < 4.78 is 30.7. The molecule has 1 aliphatic heterocycles. The number of halogens is 2. The molecule has 1 aromatic heterocycles. The van der Waals surface area contributed by atoms with E-state index < -0.39 is 6.61 Å². The minimum Gasteiger partial charge on any atom is -0.435 e. The highest BCUT2D eigenvalue weighted by atomic mass is 19.3. The third-order valence-electron chi connectivity index (χ3n) is 5.10. The first kappa shape index (κ1) is 17.7. The van der Waals surface area contributed by atoms with E-state index in [1.165, 1.54) is 0 Å². The van der Waals surface area contributed by atoms with Crippen LogP contribution in [0.1, 0.15) is 24.4 Å². The summed E-state index contributed by atoms with van der Waals surface area (Å²) in [6.07, 6.45) is 1.79. The van der Waals surface area contributed by atoms with Crippen molar-refractivity contribution in [3.8, 4) is 5.75 Å². The molecule has 1 aliphatic rings. The van der Waals surface area contributed by atoms with Crippen molar-refractivity contribution < 1.29 is 13.5 Å². The SMILES string of the molecule is O=c1[nH]c2ccccc2n1C1CCN(Cc2ccc(OC(F)F)cc2)CC1. The van der Waals surface area contributed by atoms with Gasteiger partial charge in [0.05, 0.1) is 11.0 Å². The summed E-state index contributed by atoms with van der Waals surface area (Å²) in [7, 11) is 0. The molecule has 0 spiro atoms. The number of benzene rings is 2. The summed E-state index contributed by atoms with van der Waals surface area (Å²) in [6, 6.07) is 14.7. The van der Waals surface area contributed by atoms with Crippen LogP contribution in [0.5, 0.6) is 5.75 Å². The molecule has 3 aromatic rings. The fourth-order valence-corrected chi connectivity index (χ4v) is 3.81. The zero-order valence-electron chi connectivity index (χ0n) is 14.8. The first-order valence-corrected chi connectivity index (χ1v) is 9.05. The molecular formula is C20H21F2N3O2. The molecule has 0 saturated carbocycles. The predicted molar refractivity (Wildman–Crippen MR) is 99.2 cm³/mol. The average molecular weight is 373 g/mol. The Morgan fingerprint density at radius 2 is 1.78 bits per heavy atom. The molecule has 0 unspecified atom stereocenters. The zero-order valence-corrected chi connectivity index (χ0v) is 14.8. The lowest BCUT2D eigenvalue weighted by molar-refractivity contribution is -0.0498. The number of alkyl halides is 2. The second-order valence-electron chi connectivity index (χ2n) is 6.85. The van der Waals surface area contributed by atoms with Crippen LogP contribution < -0.4 is 10.4 Å². The molecule has 2 heterocycles. The maximum absolute atomic E-state index is 12.3. The van der Waals surface area contributed by atoms with Gasteiger partial charge < -0.3 is 9.72 Å². The van der Waals surface area contributed by atoms with Crippen LogP contribution in [0, 0.1) is 0 Å². The van der Waals surface area contributed by atoms with E-state index in [-0.39, 0.29) is 17.5 Å². The largest absolute Gasteiger partial charge is 0.435 e. The lowest BCUT2D eigenvalue weighted by atomic mass is 10.0. The highest BCUT2D eigenvalue weighted by Crippen LogP contribution is 2.26. The topological polar surface area (TPSA) is 50.3 Å². The number of ether oxygens (including phenoxy) is 1. The molecule has 0 aliphatic carbocycles. The number of H-pyrrole nitrogens is 1. The average Bonchev–Trinajstić information content (AvgIpc) is 2.99. The van der Waals surface area contributed by atoms with Crippen LogP contribution in [0.3, 0.4) is 0 Å². The number of para-hydroxylation sites is 2. The van der Waals surface area contributed by atoms with Crippen molar-refractivity contribution in [1.29, 1.82) is 0 Å². The number of hydrogen-bond donors (Lipinski definition) is 1. The normalized spacial score (nSPS) is 16.3. The Labute approximate surface area is 155 Å². The van der Waals surface area contributed by atoms with E-state index in [1.54, 1.807) is 12.1 Å². The number of rotatable bonds is 5. The fraction of sp³-hybridized carbons (Fsp3) is 0.350. The molecule has 1 saturated heterocycles. The monoisotopic (exact) mass is 373 g/mol. The molecule has 0 bridgehead atoms. The van der Waals surface area contributed by atoms with Crippen molar-refractivity contribution in [3.05, 3.63) is 64.6 Å². The van der Waals surface area contributed by atoms with Crippen LogP contribution in [-0.2, 0) is 6.54 Å². The van der Waals surface area contributed by atoms with Gasteiger partial charge in [-0.2, -0.15) is 8.78 Å². The van der Waals surface area contributed by atoms with Crippen molar-refractivity contribution in [1.82, 2.24) is 14.5 Å². The molecule has 7 heteroatoms. The summed E-state index contributed by atoms with van der Waals surface area (Å²) >= 11 is 0. The number of piperidine rings is 1. The Bertz CT molecular complexity index is 957. The minimum absolute atomic E-state index is 0.0516. The second-order valence-corrected chi connectivity index (χ2v) is 6.85. The van der Waals surface area contributed by atoms with Crippen molar-refractivity contribution in [2.45, 2.75) is 32.0 Å². The number of aromatic amines is 1. The van der Waals surface area contributed by atoms with E-state index in [0.29, 0.717) is 0 Å². The Hall–Kier alpha value is -2.67. The van der Waals surface area contributed by atoms with Crippen LogP contribution in [0.25, 0.3) is 11.0 Å². The number of nitrogens with one attached hydrogen (secondary N) is 1. The Morgan fingerprint density at radius 1 is 1.07 bits per heavy atom. The molecule has 2 aromatic carbocycles. The van der Waals surface area contributed by atoms with Gasteiger partial charge in [-0.15, -0.1) is 0 Å². The number of likely N-dealkylation sites (tertiary alicyclic amines) is 1. The number of nitrogens with zero attached hydrogens (tertiary/aromatic N) is 2. The third-order valence-corrected chi connectivity index (χ3v) is 5.10. The minimum atomic E-state index is -2.80. The molecule has 142 valence electrons. The highest BCUT2D eigenvalue weighted by molar-refractivity contribution is 5.75. The molecule has 27 heavy (non-hydrogen) atoms. The van der Waals surface area contributed by atoms with Gasteiger partial charge in [0, 0.05) is 25.7 Å². The maximum atomic E-state index is 12.3. The molecule has 0 radical (unpaired) electrons. The Kier molecular flexibility index (Phi) is 4.94. The number of aromatic nitrogens is 2. The van der Waals surface area contributed by atoms with Gasteiger partial charge in [-0.1, -0.05) is 24.3 Å². The second kappa shape index (κ2) is 7.52. The van der Waals surface area contributed by atoms with Gasteiger partial charge in [-0.05, 0) is 42.7 Å². The van der Waals surface area contributed by atoms with Crippen LogP contribution >= 0.6 is 0 Å². The van der Waals surface area contributed by atoms with Crippen molar-refractivity contribution in [2.24, 2.45) is 0 Å². The van der Waals surface area contributed by atoms with Crippen LogP contribution in [-0.4, -0.2) is 34.2 Å². The fourth-order valence-electron chi connectivity index (χ4n) is 3.81. The highest BCUT2D eigenvalue weighted by Gasteiger charge is 2.23. The zero-order chi connectivity index (χ0) is 18.8. The molecule has 0 atom stereocenters. The van der Waals surface area contributed by atoms with Crippen LogP contribution in [0.4, 0.5) is 8.78 Å². The van der Waals surface area contributed by atoms with Crippen LogP contribution in [0.2, 0.25) is 0 Å². The first-order valence-electron chi connectivity index (χ1n) is 9.05. The molecule has 1 fully saturated rings. The lowest BCUT2D eigenvalue weighted by Crippen LogP contribution is -2.36. The summed E-state index contributed by atoms with van der Waals surface area (Å²) in [6.45, 7) is -0.287. The molecular weight excluding hydrogens is 352 g/mol. The number of hydrogen-bond acceptors (Lipinski definition) is 3. The maximum Gasteiger partial charge on any atom is 0.387 e. The Morgan fingerprint density at radius 3 is 2.48 bits per heavy atom. The molecule has 1 N–H and O–H groups in total. The van der Waals surface area contributed by atoms with E-state index >= 15 is 0 Å². The summed E-state index contributed by atoms with van der Waals surface area (Å²) in [5.41, 5.74) is 2.83. The molecule has 0 amide bonds. The summed E-state index contributed by atoms with van der Waals surface area (Å²) in [4.78, 5) is 17.6. The smallest absolute Gasteiger partial charge is 0.387 e. The van der Waals surface area contributed by atoms with Crippen molar-refractivity contribution in [3.63, 3.8) is 0 Å². The van der Waals surface area contributed by atoms with Gasteiger partial charge in [-0.3, -0.25) is 9.47 Å². The summed E-state index contributed by atoms with van der Waals surface area (Å²) in [5, 5.41) is 0. The third kappa shape index (κ3) is 3.88. The van der Waals surface area contributed by atoms with E-state index in [0.717, 1.165) is 49.1 Å². The van der Waals surface area contributed by atoms with Gasteiger partial charge >= 0.3 is 12.3 Å². The predicted octanol–water partition coefficient (Wildman–Crippen LogP) is 3.77. The van der Waals surface area contributed by atoms with E-state index in [2.05, 4.69) is 14.6 Å². The van der Waals surface area contributed by atoms with E-state index in [4.69, 9.17) is 0 Å². The summed E-state index contributed by atoms with van der Waals surface area (Å²) in [5.74, 6) is 0.172. The molecule has 4 rings (SSSR count). The van der Waals surface area contributed by atoms with Crippen molar-refractivity contribution in [2.75, 3.05) is 13.1 Å². The van der Waals surface area contributed by atoms with Gasteiger partial charge in [0.2, 0.25) is 0 Å². The van der Waals surface area contributed by atoms with Gasteiger partial charge in [0.15, 0.2) is 0 Å². The van der Waals surface area contributed by atoms with Crippen molar-refractivity contribution >= 4 is 11.0 Å². The number of imidazole rings is 1. The lowest BCUT2D eigenvalue weighted by Gasteiger charge is -2.32. The first-order chi connectivity index (χ1) is 13.1. The van der Waals surface area contributed by atoms with Gasteiger partial charge in [0.25, 0.3) is 0 Å². The van der Waals surface area contributed by atoms with E-state index in [9.17, 15) is 13.6 Å². The Balaban J connectivity index is 1.39.